The molecule has 0 aromatic rings. The van der Waals surface area contributed by atoms with Gasteiger partial charge in [-0.05, 0) is 6.92 Å². The standard InChI is InChI=1S/C8H12O3/c1-7(9)5-3-4-6-11-8(2)10/h7,9H,4,6H2,1-2H3/t7-/m0/s1. The summed E-state index contributed by atoms with van der Waals surface area (Å²) < 4.78 is 4.60. The van der Waals surface area contributed by atoms with Gasteiger partial charge in [-0.2, -0.15) is 0 Å². The Bertz CT molecular complexity index is 174. The Balaban J connectivity index is 3.29. The largest absolute Gasteiger partial charge is 0.465 e. The molecule has 11 heavy (non-hydrogen) atoms. The van der Waals surface area contributed by atoms with Gasteiger partial charge in [-0.1, -0.05) is 11.8 Å². The molecule has 0 aliphatic heterocycles. The molecule has 0 bridgehead atoms. The molecule has 0 saturated heterocycles. The lowest BCUT2D eigenvalue weighted by atomic mass is 10.4. The van der Waals surface area contributed by atoms with Crippen LogP contribution in [0.1, 0.15) is 20.3 Å². The van der Waals surface area contributed by atoms with E-state index in [0.717, 1.165) is 0 Å². The van der Waals surface area contributed by atoms with Gasteiger partial charge in [0.15, 0.2) is 0 Å². The Kier molecular flexibility index (Phi) is 5.22. The maximum absolute atomic E-state index is 10.2. The highest BCUT2D eigenvalue weighted by Crippen LogP contribution is 1.82. The van der Waals surface area contributed by atoms with Gasteiger partial charge in [0.1, 0.15) is 12.7 Å². The predicted octanol–water partition coefficient (Wildman–Crippen LogP) is 0.324. The smallest absolute Gasteiger partial charge is 0.302 e. The van der Waals surface area contributed by atoms with Crippen LogP contribution in [0.15, 0.2) is 0 Å². The monoisotopic (exact) mass is 156 g/mol. The second kappa shape index (κ2) is 5.75. The molecule has 0 aliphatic carbocycles. The summed E-state index contributed by atoms with van der Waals surface area (Å²) in [6.45, 7) is 3.23. The van der Waals surface area contributed by atoms with E-state index in [1.165, 1.54) is 6.92 Å². The quantitative estimate of drug-likeness (QED) is 0.356. The lowest BCUT2D eigenvalue weighted by molar-refractivity contribution is -0.140. The van der Waals surface area contributed by atoms with E-state index in [0.29, 0.717) is 13.0 Å². The van der Waals surface area contributed by atoms with Crippen molar-refractivity contribution in [2.45, 2.75) is 26.4 Å². The summed E-state index contributed by atoms with van der Waals surface area (Å²) in [5.74, 6) is 4.89. The molecule has 3 heteroatoms. The van der Waals surface area contributed by atoms with Gasteiger partial charge in [0, 0.05) is 13.3 Å². The molecule has 62 valence electrons. The number of rotatable bonds is 2. The number of carbonyl (C=O) groups excluding carboxylic acids is 1. The Labute approximate surface area is 66.4 Å². The lowest BCUT2D eigenvalue weighted by Gasteiger charge is -1.94. The zero-order chi connectivity index (χ0) is 8.69. The summed E-state index contributed by atoms with van der Waals surface area (Å²) in [7, 11) is 0. The normalized spacial score (nSPS) is 11.2. The van der Waals surface area contributed by atoms with Crippen LogP contribution in [0.25, 0.3) is 0 Å². The van der Waals surface area contributed by atoms with E-state index in [9.17, 15) is 4.79 Å². The van der Waals surface area contributed by atoms with Gasteiger partial charge >= 0.3 is 5.97 Å². The van der Waals surface area contributed by atoms with Crippen molar-refractivity contribution >= 4 is 5.97 Å². The molecule has 0 radical (unpaired) electrons. The van der Waals surface area contributed by atoms with Crippen LogP contribution in [0.2, 0.25) is 0 Å². The van der Waals surface area contributed by atoms with E-state index >= 15 is 0 Å². The van der Waals surface area contributed by atoms with Crippen molar-refractivity contribution in [3.05, 3.63) is 0 Å². The molecule has 1 N–H and O–H groups in total. The summed E-state index contributed by atoms with van der Waals surface area (Å²) in [4.78, 5) is 10.2. The van der Waals surface area contributed by atoms with Crippen LogP contribution in [0.5, 0.6) is 0 Å². The summed E-state index contributed by atoms with van der Waals surface area (Å²) >= 11 is 0. The van der Waals surface area contributed by atoms with Gasteiger partial charge in [0.25, 0.3) is 0 Å². The number of aliphatic hydroxyl groups is 1. The average Bonchev–Trinajstić information content (AvgIpc) is 1.85. The summed E-state index contributed by atoms with van der Waals surface area (Å²) in [6.07, 6.45) is -0.128. The minimum absolute atomic E-state index is 0.301. The van der Waals surface area contributed by atoms with E-state index in [-0.39, 0.29) is 5.97 Å². The molecule has 0 unspecified atom stereocenters. The summed E-state index contributed by atoms with van der Waals surface area (Å²) in [5, 5.41) is 8.68. The molecule has 3 nitrogen and oxygen atoms in total. The van der Waals surface area contributed by atoms with E-state index < -0.39 is 6.10 Å². The highest BCUT2D eigenvalue weighted by atomic mass is 16.5. The van der Waals surface area contributed by atoms with Crippen molar-refractivity contribution in [3.63, 3.8) is 0 Å². The second-order valence-electron chi connectivity index (χ2n) is 2.09. The number of hydrogen-bond acceptors (Lipinski definition) is 3. The maximum atomic E-state index is 10.2. The molecule has 0 saturated carbocycles. The third kappa shape index (κ3) is 8.99. The van der Waals surface area contributed by atoms with E-state index in [4.69, 9.17) is 5.11 Å². The van der Waals surface area contributed by atoms with Crippen molar-refractivity contribution in [2.24, 2.45) is 0 Å². The van der Waals surface area contributed by atoms with Crippen molar-refractivity contribution in [2.75, 3.05) is 6.61 Å². The highest BCUT2D eigenvalue weighted by molar-refractivity contribution is 5.65. The number of ether oxygens (including phenoxy) is 1. The maximum Gasteiger partial charge on any atom is 0.302 e. The first-order chi connectivity index (χ1) is 5.13. The average molecular weight is 156 g/mol. The molecule has 0 aromatic heterocycles. The molecule has 0 rings (SSSR count). The number of carbonyl (C=O) groups is 1. The minimum Gasteiger partial charge on any atom is -0.465 e. The van der Waals surface area contributed by atoms with Crippen LogP contribution in [0, 0.1) is 11.8 Å². The second-order valence-corrected chi connectivity index (χ2v) is 2.09. The van der Waals surface area contributed by atoms with Gasteiger partial charge < -0.3 is 9.84 Å². The molecular weight excluding hydrogens is 144 g/mol. The molecular formula is C8H12O3. The third-order valence-corrected chi connectivity index (χ3v) is 0.843. The van der Waals surface area contributed by atoms with Gasteiger partial charge in [0.2, 0.25) is 0 Å². The zero-order valence-corrected chi connectivity index (χ0v) is 6.76. The first-order valence-electron chi connectivity index (χ1n) is 3.42. The Morgan fingerprint density at radius 2 is 2.36 bits per heavy atom. The fourth-order valence-electron chi connectivity index (χ4n) is 0.466. The van der Waals surface area contributed by atoms with Crippen LogP contribution in [-0.2, 0) is 9.53 Å². The fourth-order valence-corrected chi connectivity index (χ4v) is 0.466. The number of hydrogen-bond donors (Lipinski definition) is 1. The number of aliphatic hydroxyl groups excluding tert-OH is 1. The van der Waals surface area contributed by atoms with Crippen molar-refractivity contribution < 1.29 is 14.6 Å². The van der Waals surface area contributed by atoms with Crippen LogP contribution < -0.4 is 0 Å². The Morgan fingerprint density at radius 1 is 1.73 bits per heavy atom. The first-order valence-corrected chi connectivity index (χ1v) is 3.42. The fraction of sp³-hybridized carbons (Fsp3) is 0.625. The molecule has 1 atom stereocenters. The van der Waals surface area contributed by atoms with Gasteiger partial charge in [-0.25, -0.2) is 0 Å². The van der Waals surface area contributed by atoms with Crippen LogP contribution >= 0.6 is 0 Å². The molecule has 0 heterocycles. The predicted molar refractivity (Wildman–Crippen MR) is 40.7 cm³/mol. The number of esters is 1. The Morgan fingerprint density at radius 3 is 2.82 bits per heavy atom. The van der Waals surface area contributed by atoms with Crippen molar-refractivity contribution in [1.82, 2.24) is 0 Å². The van der Waals surface area contributed by atoms with E-state index in [1.807, 2.05) is 0 Å². The molecule has 0 spiro atoms. The summed E-state index contributed by atoms with van der Waals surface area (Å²) in [5.41, 5.74) is 0. The molecule has 0 amide bonds. The van der Waals surface area contributed by atoms with Gasteiger partial charge in [-0.3, -0.25) is 4.79 Å². The van der Waals surface area contributed by atoms with Crippen LogP contribution in [0.3, 0.4) is 0 Å². The van der Waals surface area contributed by atoms with E-state index in [1.54, 1.807) is 6.92 Å². The minimum atomic E-state index is -0.604. The highest BCUT2D eigenvalue weighted by Gasteiger charge is 1.88. The van der Waals surface area contributed by atoms with Gasteiger partial charge in [-0.15, -0.1) is 0 Å². The lowest BCUT2D eigenvalue weighted by Crippen LogP contribution is -1.99. The molecule has 0 fully saturated rings. The third-order valence-electron chi connectivity index (χ3n) is 0.843. The van der Waals surface area contributed by atoms with Crippen molar-refractivity contribution in [3.8, 4) is 11.8 Å². The van der Waals surface area contributed by atoms with Crippen molar-refractivity contribution in [1.29, 1.82) is 0 Å². The molecule has 0 aromatic carbocycles. The van der Waals surface area contributed by atoms with Crippen LogP contribution in [0.4, 0.5) is 0 Å². The first kappa shape index (κ1) is 9.99. The zero-order valence-electron chi connectivity index (χ0n) is 6.76. The Hall–Kier alpha value is -1.01. The topological polar surface area (TPSA) is 46.5 Å². The van der Waals surface area contributed by atoms with E-state index in [2.05, 4.69) is 16.6 Å². The van der Waals surface area contributed by atoms with Gasteiger partial charge in [0.05, 0.1) is 0 Å². The van der Waals surface area contributed by atoms with Crippen LogP contribution in [-0.4, -0.2) is 23.8 Å². The molecule has 0 aliphatic rings. The SMILES string of the molecule is CC(=O)OCCC#C[C@H](C)O. The summed E-state index contributed by atoms with van der Waals surface area (Å²) in [6, 6.07) is 0.